The lowest BCUT2D eigenvalue weighted by molar-refractivity contribution is -0.150. The van der Waals surface area contributed by atoms with Crippen molar-refractivity contribution in [1.29, 1.82) is 0 Å². The van der Waals surface area contributed by atoms with E-state index in [4.69, 9.17) is 5.11 Å². The lowest BCUT2D eigenvalue weighted by atomic mass is 9.83. The first-order chi connectivity index (χ1) is 7.51. The van der Waals surface area contributed by atoms with E-state index < -0.39 is 11.6 Å². The summed E-state index contributed by atoms with van der Waals surface area (Å²) >= 11 is 0. The van der Waals surface area contributed by atoms with Gasteiger partial charge in [0.1, 0.15) is 0 Å². The minimum atomic E-state index is -2.23. The summed E-state index contributed by atoms with van der Waals surface area (Å²) in [4.78, 5) is 23.7. The van der Waals surface area contributed by atoms with Gasteiger partial charge in [-0.1, -0.05) is 6.42 Å². The molecule has 1 N–H and O–H groups in total. The van der Waals surface area contributed by atoms with Crippen molar-refractivity contribution in [1.82, 2.24) is 4.90 Å². The fourth-order valence-electron chi connectivity index (χ4n) is 2.23. The standard InChI is InChI=1S/C11H16FNO3/c12-11(10(15)16)4-5-13(7-11)9(14)6-8-2-1-3-8/h8H,1-7H2,(H,15,16). The molecule has 0 aromatic carbocycles. The van der Waals surface area contributed by atoms with Crippen LogP contribution in [-0.2, 0) is 9.59 Å². The van der Waals surface area contributed by atoms with E-state index in [1.54, 1.807) is 0 Å². The fraction of sp³-hybridized carbons (Fsp3) is 0.818. The minimum Gasteiger partial charge on any atom is -0.479 e. The second-order valence-corrected chi connectivity index (χ2v) is 4.84. The van der Waals surface area contributed by atoms with E-state index in [0.29, 0.717) is 12.3 Å². The van der Waals surface area contributed by atoms with Gasteiger partial charge in [-0.3, -0.25) is 4.79 Å². The van der Waals surface area contributed by atoms with Gasteiger partial charge in [-0.2, -0.15) is 0 Å². The lowest BCUT2D eigenvalue weighted by Crippen LogP contribution is -2.39. The molecule has 1 unspecified atom stereocenters. The molecule has 4 nitrogen and oxygen atoms in total. The van der Waals surface area contributed by atoms with Crippen LogP contribution in [0, 0.1) is 5.92 Å². The zero-order valence-corrected chi connectivity index (χ0v) is 9.12. The second-order valence-electron chi connectivity index (χ2n) is 4.84. The summed E-state index contributed by atoms with van der Waals surface area (Å²) < 4.78 is 13.7. The molecule has 16 heavy (non-hydrogen) atoms. The largest absolute Gasteiger partial charge is 0.479 e. The fourth-order valence-corrected chi connectivity index (χ4v) is 2.23. The van der Waals surface area contributed by atoms with Crippen molar-refractivity contribution >= 4 is 11.9 Å². The van der Waals surface area contributed by atoms with Crippen LogP contribution in [0.3, 0.4) is 0 Å². The van der Waals surface area contributed by atoms with Gasteiger partial charge in [0, 0.05) is 19.4 Å². The number of hydrogen-bond donors (Lipinski definition) is 1. The van der Waals surface area contributed by atoms with Crippen molar-refractivity contribution in [2.75, 3.05) is 13.1 Å². The van der Waals surface area contributed by atoms with Crippen molar-refractivity contribution in [2.24, 2.45) is 5.92 Å². The first-order valence-electron chi connectivity index (χ1n) is 5.71. The van der Waals surface area contributed by atoms with Gasteiger partial charge in [0.2, 0.25) is 11.6 Å². The molecule has 1 amide bonds. The summed E-state index contributed by atoms with van der Waals surface area (Å²) in [6, 6.07) is 0. The van der Waals surface area contributed by atoms with Gasteiger partial charge >= 0.3 is 5.97 Å². The molecule has 0 aromatic heterocycles. The van der Waals surface area contributed by atoms with E-state index in [2.05, 4.69) is 0 Å². The summed E-state index contributed by atoms with van der Waals surface area (Å²) in [7, 11) is 0. The molecule has 2 aliphatic rings. The predicted molar refractivity (Wildman–Crippen MR) is 54.6 cm³/mol. The molecule has 0 spiro atoms. The van der Waals surface area contributed by atoms with Gasteiger partial charge in [-0.05, 0) is 18.8 Å². The van der Waals surface area contributed by atoms with E-state index in [-0.39, 0.29) is 25.4 Å². The third kappa shape index (κ3) is 2.03. The van der Waals surface area contributed by atoms with Crippen molar-refractivity contribution in [3.8, 4) is 0 Å². The van der Waals surface area contributed by atoms with Crippen molar-refractivity contribution in [3.63, 3.8) is 0 Å². The molecule has 0 bridgehead atoms. The topological polar surface area (TPSA) is 57.6 Å². The number of halogens is 1. The Balaban J connectivity index is 1.87. The molecule has 0 aromatic rings. The van der Waals surface area contributed by atoms with Gasteiger partial charge in [-0.25, -0.2) is 9.18 Å². The molecule has 1 aliphatic heterocycles. The number of likely N-dealkylation sites (tertiary alicyclic amines) is 1. The minimum absolute atomic E-state index is 0.0846. The Bertz CT molecular complexity index is 316. The number of aliphatic carboxylic acids is 1. The number of carboxylic acid groups (broad SMARTS) is 1. The van der Waals surface area contributed by atoms with Crippen LogP contribution in [0.1, 0.15) is 32.1 Å². The van der Waals surface area contributed by atoms with Gasteiger partial charge in [0.15, 0.2) is 0 Å². The number of carbonyl (C=O) groups excluding carboxylic acids is 1. The summed E-state index contributed by atoms with van der Waals surface area (Å²) in [5.41, 5.74) is -2.23. The summed E-state index contributed by atoms with van der Waals surface area (Å²) in [6.07, 6.45) is 3.67. The predicted octanol–water partition coefficient (Wildman–Crippen LogP) is 1.20. The number of rotatable bonds is 3. The van der Waals surface area contributed by atoms with E-state index in [1.807, 2.05) is 0 Å². The van der Waals surface area contributed by atoms with Crippen LogP contribution < -0.4 is 0 Å². The number of alkyl halides is 1. The highest BCUT2D eigenvalue weighted by Crippen LogP contribution is 2.32. The average molecular weight is 229 g/mol. The molecular weight excluding hydrogens is 213 g/mol. The molecule has 90 valence electrons. The normalized spacial score (nSPS) is 30.2. The Labute approximate surface area is 93.4 Å². The summed E-state index contributed by atoms with van der Waals surface area (Å²) in [6.45, 7) is -0.0533. The molecular formula is C11H16FNO3. The maximum Gasteiger partial charge on any atom is 0.343 e. The van der Waals surface area contributed by atoms with Gasteiger partial charge in [-0.15, -0.1) is 0 Å². The Hall–Kier alpha value is -1.13. The van der Waals surface area contributed by atoms with Crippen LogP contribution in [0.25, 0.3) is 0 Å². The Morgan fingerprint density at radius 2 is 2.12 bits per heavy atom. The Kier molecular flexibility index (Phi) is 2.86. The van der Waals surface area contributed by atoms with Crippen LogP contribution in [0.2, 0.25) is 0 Å². The third-order valence-electron chi connectivity index (χ3n) is 3.64. The molecule has 1 saturated carbocycles. The van der Waals surface area contributed by atoms with Crippen LogP contribution in [0.4, 0.5) is 4.39 Å². The Morgan fingerprint density at radius 3 is 2.56 bits per heavy atom. The van der Waals surface area contributed by atoms with Crippen LogP contribution in [0.15, 0.2) is 0 Å². The zero-order valence-electron chi connectivity index (χ0n) is 9.12. The quantitative estimate of drug-likeness (QED) is 0.791. The molecule has 0 radical (unpaired) electrons. The first kappa shape index (κ1) is 11.4. The van der Waals surface area contributed by atoms with Crippen molar-refractivity contribution in [3.05, 3.63) is 0 Å². The molecule has 1 heterocycles. The van der Waals surface area contributed by atoms with Crippen LogP contribution in [0.5, 0.6) is 0 Å². The first-order valence-corrected chi connectivity index (χ1v) is 5.71. The van der Waals surface area contributed by atoms with E-state index in [9.17, 15) is 14.0 Å². The van der Waals surface area contributed by atoms with E-state index in [1.165, 1.54) is 11.3 Å². The van der Waals surface area contributed by atoms with E-state index in [0.717, 1.165) is 12.8 Å². The molecule has 1 saturated heterocycles. The van der Waals surface area contributed by atoms with E-state index >= 15 is 0 Å². The highest BCUT2D eigenvalue weighted by Gasteiger charge is 2.46. The molecule has 5 heteroatoms. The summed E-state index contributed by atoms with van der Waals surface area (Å²) in [5.74, 6) is -1.11. The highest BCUT2D eigenvalue weighted by atomic mass is 19.1. The monoisotopic (exact) mass is 229 g/mol. The van der Waals surface area contributed by atoms with Crippen molar-refractivity contribution in [2.45, 2.75) is 37.8 Å². The van der Waals surface area contributed by atoms with Gasteiger partial charge < -0.3 is 10.0 Å². The van der Waals surface area contributed by atoms with Crippen LogP contribution >= 0.6 is 0 Å². The van der Waals surface area contributed by atoms with Gasteiger partial charge in [0.05, 0.1) is 6.54 Å². The maximum atomic E-state index is 13.7. The number of hydrogen-bond acceptors (Lipinski definition) is 2. The van der Waals surface area contributed by atoms with Gasteiger partial charge in [0.25, 0.3) is 0 Å². The molecule has 2 fully saturated rings. The highest BCUT2D eigenvalue weighted by molar-refractivity contribution is 5.82. The lowest BCUT2D eigenvalue weighted by Gasteiger charge is -2.27. The van der Waals surface area contributed by atoms with Crippen LogP contribution in [-0.4, -0.2) is 40.6 Å². The third-order valence-corrected chi connectivity index (χ3v) is 3.64. The summed E-state index contributed by atoms with van der Waals surface area (Å²) in [5, 5.41) is 8.70. The second kappa shape index (κ2) is 4.03. The van der Waals surface area contributed by atoms with Crippen molar-refractivity contribution < 1.29 is 19.1 Å². The zero-order chi connectivity index (χ0) is 11.8. The average Bonchev–Trinajstić information content (AvgIpc) is 2.56. The molecule has 2 rings (SSSR count). The number of amides is 1. The molecule has 1 aliphatic carbocycles. The SMILES string of the molecule is O=C(CC1CCC1)N1CCC(F)(C(=O)O)C1. The molecule has 1 atom stereocenters. The Morgan fingerprint density at radius 1 is 1.44 bits per heavy atom. The number of carboxylic acids is 1. The number of nitrogens with zero attached hydrogens (tertiary/aromatic N) is 1. The maximum absolute atomic E-state index is 13.7. The number of carbonyl (C=O) groups is 2. The smallest absolute Gasteiger partial charge is 0.343 e.